The van der Waals surface area contributed by atoms with Crippen molar-refractivity contribution in [1.82, 2.24) is 15.5 Å². The van der Waals surface area contributed by atoms with Crippen molar-refractivity contribution in [1.29, 1.82) is 0 Å². The van der Waals surface area contributed by atoms with Crippen LogP contribution in [0.15, 0.2) is 30.5 Å². The van der Waals surface area contributed by atoms with Crippen LogP contribution in [0.25, 0.3) is 11.3 Å². The van der Waals surface area contributed by atoms with E-state index in [1.807, 2.05) is 32.0 Å². The second kappa shape index (κ2) is 7.42. The van der Waals surface area contributed by atoms with Crippen LogP contribution >= 0.6 is 11.6 Å². The highest BCUT2D eigenvalue weighted by molar-refractivity contribution is 6.33. The molecule has 0 aliphatic rings. The third kappa shape index (κ3) is 3.87. The molecular formula is C16H20ClN3O2. The summed E-state index contributed by atoms with van der Waals surface area (Å²) < 4.78 is 0. The van der Waals surface area contributed by atoms with Crippen LogP contribution in [-0.2, 0) is 0 Å². The Balaban J connectivity index is 2.22. The predicted octanol–water partition coefficient (Wildman–Crippen LogP) is 2.87. The minimum Gasteiger partial charge on any atom is -0.394 e. The molecule has 1 aromatic carbocycles. The fraction of sp³-hybridized carbons (Fsp3) is 0.375. The van der Waals surface area contributed by atoms with Gasteiger partial charge in [-0.15, -0.1) is 0 Å². The number of benzene rings is 1. The van der Waals surface area contributed by atoms with E-state index >= 15 is 0 Å². The quantitative estimate of drug-likeness (QED) is 0.765. The maximum Gasteiger partial charge on any atom is 0.255 e. The number of carbonyl (C=O) groups excluding carboxylic acids is 1. The zero-order chi connectivity index (χ0) is 16.1. The first kappa shape index (κ1) is 16.5. The summed E-state index contributed by atoms with van der Waals surface area (Å²) in [5.41, 5.74) is 1.70. The van der Waals surface area contributed by atoms with Gasteiger partial charge in [-0.1, -0.05) is 43.6 Å². The lowest BCUT2D eigenvalue weighted by molar-refractivity contribution is 0.0909. The average Bonchev–Trinajstić information content (AvgIpc) is 2.95. The summed E-state index contributed by atoms with van der Waals surface area (Å²) in [6.45, 7) is 3.99. The monoisotopic (exact) mass is 321 g/mol. The number of aromatic nitrogens is 2. The number of nitrogens with one attached hydrogen (secondary N) is 2. The molecule has 0 fully saturated rings. The van der Waals surface area contributed by atoms with Crippen LogP contribution < -0.4 is 5.32 Å². The molecule has 0 spiro atoms. The van der Waals surface area contributed by atoms with Crippen molar-refractivity contribution in [3.8, 4) is 11.3 Å². The van der Waals surface area contributed by atoms with Gasteiger partial charge in [0.25, 0.3) is 5.91 Å². The Morgan fingerprint density at radius 3 is 2.77 bits per heavy atom. The maximum atomic E-state index is 12.4. The molecule has 0 radical (unpaired) electrons. The van der Waals surface area contributed by atoms with Crippen molar-refractivity contribution in [2.75, 3.05) is 6.61 Å². The van der Waals surface area contributed by atoms with Crippen LogP contribution in [0, 0.1) is 5.92 Å². The fourth-order valence-corrected chi connectivity index (χ4v) is 2.57. The van der Waals surface area contributed by atoms with Gasteiger partial charge in [0.1, 0.15) is 0 Å². The summed E-state index contributed by atoms with van der Waals surface area (Å²) in [6.07, 6.45) is 2.18. The third-order valence-electron chi connectivity index (χ3n) is 3.34. The maximum absolute atomic E-state index is 12.4. The first-order valence-corrected chi connectivity index (χ1v) is 7.60. The summed E-state index contributed by atoms with van der Waals surface area (Å²) in [6, 6.07) is 6.98. The molecule has 0 aliphatic carbocycles. The number of carbonyl (C=O) groups is 1. The Morgan fingerprint density at radius 2 is 2.14 bits per heavy atom. The number of amides is 1. The molecule has 22 heavy (non-hydrogen) atoms. The Labute approximate surface area is 134 Å². The summed E-state index contributed by atoms with van der Waals surface area (Å²) in [5.74, 6) is 0.105. The van der Waals surface area contributed by atoms with Crippen LogP contribution in [0.2, 0.25) is 5.02 Å². The number of aliphatic hydroxyl groups excluding tert-OH is 1. The van der Waals surface area contributed by atoms with Gasteiger partial charge in [0, 0.05) is 10.6 Å². The molecule has 118 valence electrons. The smallest absolute Gasteiger partial charge is 0.255 e. The Morgan fingerprint density at radius 1 is 1.41 bits per heavy atom. The van der Waals surface area contributed by atoms with Crippen molar-refractivity contribution >= 4 is 17.5 Å². The number of H-pyrrole nitrogens is 1. The van der Waals surface area contributed by atoms with Crippen LogP contribution in [0.1, 0.15) is 30.6 Å². The molecule has 6 heteroatoms. The third-order valence-corrected chi connectivity index (χ3v) is 3.67. The molecule has 2 rings (SSSR count). The second-order valence-corrected chi connectivity index (χ2v) is 6.03. The van der Waals surface area contributed by atoms with E-state index in [0.29, 0.717) is 28.6 Å². The van der Waals surface area contributed by atoms with Crippen molar-refractivity contribution in [2.45, 2.75) is 26.3 Å². The molecule has 3 N–H and O–H groups in total. The molecule has 0 saturated heterocycles. The van der Waals surface area contributed by atoms with E-state index in [1.54, 1.807) is 6.07 Å². The van der Waals surface area contributed by atoms with Gasteiger partial charge in [-0.2, -0.15) is 5.10 Å². The predicted molar refractivity (Wildman–Crippen MR) is 86.8 cm³/mol. The van der Waals surface area contributed by atoms with E-state index in [0.717, 1.165) is 5.56 Å². The van der Waals surface area contributed by atoms with Gasteiger partial charge in [0.15, 0.2) is 0 Å². The second-order valence-electron chi connectivity index (χ2n) is 5.62. The van der Waals surface area contributed by atoms with Gasteiger partial charge in [0.05, 0.1) is 30.1 Å². The van der Waals surface area contributed by atoms with Crippen molar-refractivity contribution in [3.05, 3.63) is 41.0 Å². The molecule has 0 saturated carbocycles. The summed E-state index contributed by atoms with van der Waals surface area (Å²) >= 11 is 6.17. The molecule has 1 atom stereocenters. The lowest BCUT2D eigenvalue weighted by Crippen LogP contribution is -2.38. The Hall–Kier alpha value is -1.85. The van der Waals surface area contributed by atoms with Gasteiger partial charge in [0.2, 0.25) is 0 Å². The molecule has 1 heterocycles. The van der Waals surface area contributed by atoms with E-state index in [-0.39, 0.29) is 18.6 Å². The minimum atomic E-state index is -0.276. The number of halogens is 1. The van der Waals surface area contributed by atoms with Gasteiger partial charge >= 0.3 is 0 Å². The first-order valence-electron chi connectivity index (χ1n) is 7.23. The number of nitrogens with zero attached hydrogens (tertiary/aromatic N) is 1. The number of hydrogen-bond donors (Lipinski definition) is 3. The van der Waals surface area contributed by atoms with Gasteiger partial charge in [-0.3, -0.25) is 9.89 Å². The van der Waals surface area contributed by atoms with Crippen molar-refractivity contribution in [2.24, 2.45) is 5.92 Å². The SMILES string of the molecule is CC(C)CC(CO)NC(=O)c1cn[nH]c1-c1ccccc1Cl. The summed E-state index contributed by atoms with van der Waals surface area (Å²) in [5, 5.41) is 19.5. The lowest BCUT2D eigenvalue weighted by atomic mass is 10.0. The van der Waals surface area contributed by atoms with Crippen LogP contribution in [0.4, 0.5) is 0 Å². The zero-order valence-electron chi connectivity index (χ0n) is 12.6. The first-order chi connectivity index (χ1) is 10.5. The highest BCUT2D eigenvalue weighted by Crippen LogP contribution is 2.28. The molecule has 1 aromatic heterocycles. The number of rotatable bonds is 6. The molecule has 1 unspecified atom stereocenters. The molecule has 0 aliphatic heterocycles. The van der Waals surface area contributed by atoms with E-state index < -0.39 is 0 Å². The molecule has 2 aromatic rings. The standard InChI is InChI=1S/C16H20ClN3O2/c1-10(2)7-11(9-21)19-16(22)13-8-18-20-15(13)12-5-3-4-6-14(12)17/h3-6,8,10-11,21H,7,9H2,1-2H3,(H,18,20)(H,19,22). The van der Waals surface area contributed by atoms with E-state index in [9.17, 15) is 9.90 Å². The van der Waals surface area contributed by atoms with Crippen LogP contribution in [0.3, 0.4) is 0 Å². The Kier molecular flexibility index (Phi) is 5.57. The molecular weight excluding hydrogens is 302 g/mol. The van der Waals surface area contributed by atoms with E-state index in [1.165, 1.54) is 6.20 Å². The normalized spacial score (nSPS) is 12.4. The average molecular weight is 322 g/mol. The highest BCUT2D eigenvalue weighted by Gasteiger charge is 2.20. The molecule has 5 nitrogen and oxygen atoms in total. The lowest BCUT2D eigenvalue weighted by Gasteiger charge is -2.18. The summed E-state index contributed by atoms with van der Waals surface area (Å²) in [4.78, 5) is 12.4. The number of aromatic amines is 1. The van der Waals surface area contributed by atoms with E-state index in [2.05, 4.69) is 15.5 Å². The molecule has 0 bridgehead atoms. The number of aliphatic hydroxyl groups is 1. The minimum absolute atomic E-state index is 0.0940. The largest absolute Gasteiger partial charge is 0.394 e. The van der Waals surface area contributed by atoms with Crippen molar-refractivity contribution in [3.63, 3.8) is 0 Å². The fourth-order valence-electron chi connectivity index (χ4n) is 2.34. The van der Waals surface area contributed by atoms with Gasteiger partial charge in [-0.25, -0.2) is 0 Å². The van der Waals surface area contributed by atoms with Gasteiger partial charge in [-0.05, 0) is 18.4 Å². The zero-order valence-corrected chi connectivity index (χ0v) is 13.4. The van der Waals surface area contributed by atoms with E-state index in [4.69, 9.17) is 11.6 Å². The van der Waals surface area contributed by atoms with Crippen LogP contribution in [0.5, 0.6) is 0 Å². The van der Waals surface area contributed by atoms with Crippen LogP contribution in [-0.4, -0.2) is 33.9 Å². The highest BCUT2D eigenvalue weighted by atomic mass is 35.5. The topological polar surface area (TPSA) is 78.0 Å². The number of hydrogen-bond acceptors (Lipinski definition) is 3. The van der Waals surface area contributed by atoms with Crippen molar-refractivity contribution < 1.29 is 9.90 Å². The molecule has 1 amide bonds. The van der Waals surface area contributed by atoms with Gasteiger partial charge < -0.3 is 10.4 Å². The Bertz CT molecular complexity index is 640. The summed E-state index contributed by atoms with van der Waals surface area (Å²) in [7, 11) is 0.